The molecule has 0 aliphatic heterocycles. The van der Waals surface area contributed by atoms with Gasteiger partial charge in [0.2, 0.25) is 5.91 Å². The number of anilines is 1. The van der Waals surface area contributed by atoms with Crippen LogP contribution in [0, 0.1) is 12.7 Å². The lowest BCUT2D eigenvalue weighted by Crippen LogP contribution is -2.15. The third-order valence-corrected chi connectivity index (χ3v) is 5.18. The summed E-state index contributed by atoms with van der Waals surface area (Å²) < 4.78 is 20.9. The average molecular weight is 427 g/mol. The number of aromatic nitrogens is 3. The van der Waals surface area contributed by atoms with Crippen LogP contribution in [0.1, 0.15) is 24.4 Å². The fourth-order valence-corrected chi connectivity index (χ4v) is 3.50. The smallest absolute Gasteiger partial charge is 0.234 e. The van der Waals surface area contributed by atoms with E-state index >= 15 is 0 Å². The minimum atomic E-state index is -0.352. The number of halogens is 1. The summed E-state index contributed by atoms with van der Waals surface area (Å²) in [6, 6.07) is 13.4. The number of hydrogen-bond acceptors (Lipinski definition) is 5. The van der Waals surface area contributed by atoms with Crippen LogP contribution in [-0.2, 0) is 11.3 Å². The number of thioether (sulfide) groups is 1. The third-order valence-electron chi connectivity index (χ3n) is 4.21. The average Bonchev–Trinajstić information content (AvgIpc) is 3.13. The Morgan fingerprint density at radius 3 is 2.60 bits per heavy atom. The Morgan fingerprint density at radius 1 is 1.23 bits per heavy atom. The van der Waals surface area contributed by atoms with E-state index in [0.29, 0.717) is 23.2 Å². The summed E-state index contributed by atoms with van der Waals surface area (Å²) in [6.07, 6.45) is 1.41. The van der Waals surface area contributed by atoms with Crippen LogP contribution in [0.3, 0.4) is 0 Å². The summed E-state index contributed by atoms with van der Waals surface area (Å²) in [7, 11) is 0. The van der Waals surface area contributed by atoms with Crippen molar-refractivity contribution >= 4 is 23.4 Å². The van der Waals surface area contributed by atoms with Gasteiger partial charge in [-0.25, -0.2) is 4.39 Å². The van der Waals surface area contributed by atoms with Crippen LogP contribution >= 0.6 is 11.8 Å². The second-order valence-electron chi connectivity index (χ2n) is 6.66. The summed E-state index contributed by atoms with van der Waals surface area (Å²) in [5.41, 5.74) is 1.69. The standard InChI is InChI=1S/C22H23FN4O2S/c1-4-13-27-21(16(3)29-19-11-5-15(2)6-12-19)25-26-22(27)30-14-20(28)24-18-9-7-17(23)8-10-18/h4-12,16H,1,13-14H2,2-3H3,(H,24,28). The molecule has 1 atom stereocenters. The summed E-state index contributed by atoms with van der Waals surface area (Å²) in [6.45, 7) is 8.20. The minimum absolute atomic E-state index is 0.139. The zero-order valence-corrected chi connectivity index (χ0v) is 17.7. The lowest BCUT2D eigenvalue weighted by Gasteiger charge is -2.16. The first-order valence-electron chi connectivity index (χ1n) is 9.42. The Kier molecular flexibility index (Phi) is 7.24. The second kappa shape index (κ2) is 10.1. The molecule has 1 aromatic heterocycles. The van der Waals surface area contributed by atoms with E-state index in [0.717, 1.165) is 11.3 Å². The quantitative estimate of drug-likeness (QED) is 0.394. The Hall–Kier alpha value is -3.13. The van der Waals surface area contributed by atoms with Gasteiger partial charge in [0.05, 0.1) is 5.75 Å². The highest BCUT2D eigenvalue weighted by atomic mass is 32.2. The highest BCUT2D eigenvalue weighted by molar-refractivity contribution is 7.99. The van der Waals surface area contributed by atoms with Crippen molar-refractivity contribution in [3.05, 3.63) is 78.4 Å². The number of ether oxygens (including phenoxy) is 1. The molecule has 0 fully saturated rings. The number of allylic oxidation sites excluding steroid dienone is 1. The molecule has 0 aliphatic rings. The highest BCUT2D eigenvalue weighted by Gasteiger charge is 2.19. The SMILES string of the molecule is C=CCn1c(SCC(=O)Nc2ccc(F)cc2)nnc1C(C)Oc1ccc(C)cc1. The van der Waals surface area contributed by atoms with Gasteiger partial charge in [-0.2, -0.15) is 0 Å². The Bertz CT molecular complexity index is 1000. The summed E-state index contributed by atoms with van der Waals surface area (Å²) in [5, 5.41) is 11.8. The van der Waals surface area contributed by atoms with E-state index in [-0.39, 0.29) is 23.6 Å². The van der Waals surface area contributed by atoms with E-state index in [1.54, 1.807) is 6.08 Å². The monoisotopic (exact) mass is 426 g/mol. The van der Waals surface area contributed by atoms with Gasteiger partial charge in [-0.05, 0) is 50.2 Å². The van der Waals surface area contributed by atoms with Gasteiger partial charge < -0.3 is 10.1 Å². The predicted octanol–water partition coefficient (Wildman–Crippen LogP) is 4.78. The van der Waals surface area contributed by atoms with Gasteiger partial charge >= 0.3 is 0 Å². The molecule has 8 heteroatoms. The number of carbonyl (C=O) groups excluding carboxylic acids is 1. The number of nitrogens with zero attached hydrogens (tertiary/aromatic N) is 3. The molecule has 0 bridgehead atoms. The number of rotatable bonds is 9. The molecular formula is C22H23FN4O2S. The second-order valence-corrected chi connectivity index (χ2v) is 7.60. The molecule has 2 aromatic carbocycles. The summed E-state index contributed by atoms with van der Waals surface area (Å²) in [4.78, 5) is 12.2. The Balaban J connectivity index is 1.65. The van der Waals surface area contributed by atoms with Gasteiger partial charge in [-0.3, -0.25) is 9.36 Å². The van der Waals surface area contributed by atoms with Crippen molar-refractivity contribution in [1.82, 2.24) is 14.8 Å². The fourth-order valence-electron chi connectivity index (χ4n) is 2.74. The first-order chi connectivity index (χ1) is 14.5. The lowest BCUT2D eigenvalue weighted by atomic mass is 10.2. The third kappa shape index (κ3) is 5.70. The van der Waals surface area contributed by atoms with Crippen molar-refractivity contribution < 1.29 is 13.9 Å². The topological polar surface area (TPSA) is 69.0 Å². The van der Waals surface area contributed by atoms with Crippen molar-refractivity contribution in [1.29, 1.82) is 0 Å². The molecule has 0 saturated carbocycles. The molecule has 3 aromatic rings. The maximum Gasteiger partial charge on any atom is 0.234 e. The minimum Gasteiger partial charge on any atom is -0.483 e. The van der Waals surface area contributed by atoms with Gasteiger partial charge in [0.15, 0.2) is 17.1 Å². The van der Waals surface area contributed by atoms with Crippen molar-refractivity contribution in [3.8, 4) is 5.75 Å². The van der Waals surface area contributed by atoms with Crippen LogP contribution in [0.15, 0.2) is 66.3 Å². The largest absolute Gasteiger partial charge is 0.483 e. The molecule has 1 N–H and O–H groups in total. The molecule has 1 amide bonds. The molecule has 1 unspecified atom stereocenters. The van der Waals surface area contributed by atoms with Crippen molar-refractivity contribution in [2.45, 2.75) is 31.7 Å². The van der Waals surface area contributed by atoms with Crippen molar-refractivity contribution in [2.75, 3.05) is 11.1 Å². The maximum atomic E-state index is 13.0. The van der Waals surface area contributed by atoms with Crippen LogP contribution in [0.25, 0.3) is 0 Å². The number of hydrogen-bond donors (Lipinski definition) is 1. The normalized spacial score (nSPS) is 11.7. The van der Waals surface area contributed by atoms with Crippen molar-refractivity contribution in [3.63, 3.8) is 0 Å². The molecule has 6 nitrogen and oxygen atoms in total. The first-order valence-corrected chi connectivity index (χ1v) is 10.4. The zero-order chi connectivity index (χ0) is 21.5. The summed E-state index contributed by atoms with van der Waals surface area (Å²) in [5.74, 6) is 0.963. The lowest BCUT2D eigenvalue weighted by molar-refractivity contribution is -0.113. The molecule has 0 aliphatic carbocycles. The van der Waals surface area contributed by atoms with Crippen LogP contribution in [0.4, 0.5) is 10.1 Å². The zero-order valence-electron chi connectivity index (χ0n) is 16.8. The van der Waals surface area contributed by atoms with Gasteiger partial charge in [0.1, 0.15) is 11.6 Å². The van der Waals surface area contributed by atoms with Gasteiger partial charge in [0, 0.05) is 12.2 Å². The molecule has 30 heavy (non-hydrogen) atoms. The maximum absolute atomic E-state index is 13.0. The van der Waals surface area contributed by atoms with Crippen LogP contribution in [-0.4, -0.2) is 26.4 Å². The molecule has 156 valence electrons. The van der Waals surface area contributed by atoms with Crippen LogP contribution < -0.4 is 10.1 Å². The van der Waals surface area contributed by atoms with E-state index in [9.17, 15) is 9.18 Å². The number of carbonyl (C=O) groups is 1. The van der Waals surface area contributed by atoms with Gasteiger partial charge in [0.25, 0.3) is 0 Å². The van der Waals surface area contributed by atoms with E-state index in [4.69, 9.17) is 4.74 Å². The highest BCUT2D eigenvalue weighted by Crippen LogP contribution is 2.25. The Morgan fingerprint density at radius 2 is 1.93 bits per heavy atom. The molecular weight excluding hydrogens is 403 g/mol. The predicted molar refractivity (Wildman–Crippen MR) is 116 cm³/mol. The molecule has 0 spiro atoms. The number of nitrogens with one attached hydrogen (secondary N) is 1. The molecule has 1 heterocycles. The fraction of sp³-hybridized carbons (Fsp3) is 0.227. The number of aryl methyl sites for hydroxylation is 1. The van der Waals surface area contributed by atoms with Crippen LogP contribution in [0.2, 0.25) is 0 Å². The number of amides is 1. The van der Waals surface area contributed by atoms with Gasteiger partial charge in [-0.15, -0.1) is 16.8 Å². The van der Waals surface area contributed by atoms with E-state index in [1.165, 1.54) is 36.0 Å². The van der Waals surface area contributed by atoms with Crippen molar-refractivity contribution in [2.24, 2.45) is 0 Å². The molecule has 0 saturated heterocycles. The number of benzene rings is 2. The Labute approximate surface area is 179 Å². The van der Waals surface area contributed by atoms with E-state index < -0.39 is 0 Å². The van der Waals surface area contributed by atoms with E-state index in [2.05, 4.69) is 22.1 Å². The summed E-state index contributed by atoms with van der Waals surface area (Å²) >= 11 is 1.26. The van der Waals surface area contributed by atoms with Crippen LogP contribution in [0.5, 0.6) is 5.75 Å². The first kappa shape index (κ1) is 21.6. The molecule has 3 rings (SSSR count). The molecule has 0 radical (unpaired) electrons. The van der Waals surface area contributed by atoms with E-state index in [1.807, 2.05) is 42.7 Å². The van der Waals surface area contributed by atoms with Gasteiger partial charge in [-0.1, -0.05) is 35.5 Å².